The Balaban J connectivity index is 2.31. The van der Waals surface area contributed by atoms with Gasteiger partial charge >= 0.3 is 0 Å². The van der Waals surface area contributed by atoms with E-state index < -0.39 is 16.1 Å². The molecule has 0 amide bonds. The monoisotopic (exact) mass is 296 g/mol. The zero-order valence-corrected chi connectivity index (χ0v) is 11.9. The highest BCUT2D eigenvalue weighted by atomic mass is 32.2. The number of nitriles is 1. The van der Waals surface area contributed by atoms with E-state index >= 15 is 0 Å². The molecule has 1 aromatic rings. The third-order valence-corrected chi connectivity index (χ3v) is 5.12. The van der Waals surface area contributed by atoms with Crippen LogP contribution >= 0.6 is 0 Å². The average Bonchev–Trinajstić information content (AvgIpc) is 2.47. The Kier molecular flexibility index (Phi) is 4.40. The highest BCUT2D eigenvalue weighted by molar-refractivity contribution is 7.89. The SMILES string of the molecule is Cc1cc(S(=O)(=O)N2CCOC(CO)C2)ccc1C#N. The van der Waals surface area contributed by atoms with Gasteiger partial charge in [-0.15, -0.1) is 0 Å². The summed E-state index contributed by atoms with van der Waals surface area (Å²) in [6.07, 6.45) is -0.488. The first-order valence-corrected chi connectivity index (χ1v) is 7.66. The number of benzene rings is 1. The second kappa shape index (κ2) is 5.89. The molecule has 0 aliphatic carbocycles. The van der Waals surface area contributed by atoms with Crippen LogP contribution in [0.25, 0.3) is 0 Å². The van der Waals surface area contributed by atoms with Crippen LogP contribution in [0.4, 0.5) is 0 Å². The molecular formula is C13H16N2O4S. The molecule has 2 rings (SSSR count). The lowest BCUT2D eigenvalue weighted by Gasteiger charge is -2.31. The number of ether oxygens (including phenoxy) is 1. The molecule has 1 heterocycles. The zero-order valence-electron chi connectivity index (χ0n) is 11.1. The maximum Gasteiger partial charge on any atom is 0.243 e. The van der Waals surface area contributed by atoms with Crippen molar-refractivity contribution in [3.63, 3.8) is 0 Å². The van der Waals surface area contributed by atoms with Crippen LogP contribution in [0.5, 0.6) is 0 Å². The van der Waals surface area contributed by atoms with E-state index in [0.717, 1.165) is 0 Å². The number of sulfonamides is 1. The van der Waals surface area contributed by atoms with Gasteiger partial charge in [-0.25, -0.2) is 8.42 Å². The molecular weight excluding hydrogens is 280 g/mol. The molecule has 1 aliphatic rings. The summed E-state index contributed by atoms with van der Waals surface area (Å²) in [5.41, 5.74) is 1.08. The molecule has 1 fully saturated rings. The average molecular weight is 296 g/mol. The minimum Gasteiger partial charge on any atom is -0.394 e. The normalized spacial score (nSPS) is 20.6. The number of hydrogen-bond donors (Lipinski definition) is 1. The van der Waals surface area contributed by atoms with Crippen molar-refractivity contribution in [3.8, 4) is 6.07 Å². The van der Waals surface area contributed by atoms with Crippen LogP contribution in [0.15, 0.2) is 23.1 Å². The van der Waals surface area contributed by atoms with Crippen molar-refractivity contribution in [2.24, 2.45) is 0 Å². The first kappa shape index (κ1) is 14.9. The standard InChI is InChI=1S/C13H16N2O4S/c1-10-6-13(3-2-11(10)7-14)20(17,18)15-4-5-19-12(8-15)9-16/h2-3,6,12,16H,4-5,8-9H2,1H3. The van der Waals surface area contributed by atoms with Crippen LogP contribution in [-0.4, -0.2) is 50.2 Å². The Morgan fingerprint density at radius 2 is 2.30 bits per heavy atom. The van der Waals surface area contributed by atoms with Gasteiger partial charge < -0.3 is 9.84 Å². The molecule has 108 valence electrons. The summed E-state index contributed by atoms with van der Waals surface area (Å²) < 4.78 is 31.6. The maximum absolute atomic E-state index is 12.5. The summed E-state index contributed by atoms with van der Waals surface area (Å²) in [6, 6.07) is 6.45. The second-order valence-electron chi connectivity index (χ2n) is 4.63. The number of nitrogens with zero attached hydrogens (tertiary/aromatic N) is 2. The Labute approximate surface area is 118 Å². The lowest BCUT2D eigenvalue weighted by atomic mass is 10.1. The van der Waals surface area contributed by atoms with Gasteiger partial charge in [-0.3, -0.25) is 0 Å². The summed E-state index contributed by atoms with van der Waals surface area (Å²) in [7, 11) is -3.62. The van der Waals surface area contributed by atoms with E-state index in [4.69, 9.17) is 15.1 Å². The van der Waals surface area contributed by atoms with Crippen LogP contribution in [0, 0.1) is 18.3 Å². The molecule has 6 nitrogen and oxygen atoms in total. The Morgan fingerprint density at radius 1 is 1.55 bits per heavy atom. The van der Waals surface area contributed by atoms with Gasteiger partial charge in [-0.2, -0.15) is 9.57 Å². The fourth-order valence-corrected chi connectivity index (χ4v) is 3.63. The third kappa shape index (κ3) is 2.83. The van der Waals surface area contributed by atoms with E-state index in [1.807, 2.05) is 6.07 Å². The number of aliphatic hydroxyl groups is 1. The molecule has 20 heavy (non-hydrogen) atoms. The van der Waals surface area contributed by atoms with Crippen molar-refractivity contribution >= 4 is 10.0 Å². The summed E-state index contributed by atoms with van der Waals surface area (Å²) in [4.78, 5) is 0.160. The van der Waals surface area contributed by atoms with Gasteiger partial charge in [-0.05, 0) is 30.7 Å². The lowest BCUT2D eigenvalue weighted by molar-refractivity contribution is -0.0304. The van der Waals surface area contributed by atoms with E-state index in [0.29, 0.717) is 11.1 Å². The molecule has 0 bridgehead atoms. The maximum atomic E-state index is 12.5. The highest BCUT2D eigenvalue weighted by Gasteiger charge is 2.30. The molecule has 7 heteroatoms. The first-order valence-electron chi connectivity index (χ1n) is 6.22. The van der Waals surface area contributed by atoms with E-state index in [9.17, 15) is 8.42 Å². The minimum atomic E-state index is -3.62. The Morgan fingerprint density at radius 3 is 2.90 bits per heavy atom. The van der Waals surface area contributed by atoms with Gasteiger partial charge in [-0.1, -0.05) is 0 Å². The van der Waals surface area contributed by atoms with Crippen molar-refractivity contribution in [1.29, 1.82) is 5.26 Å². The molecule has 0 radical (unpaired) electrons. The van der Waals surface area contributed by atoms with Crippen LogP contribution in [-0.2, 0) is 14.8 Å². The predicted molar refractivity (Wildman–Crippen MR) is 71.5 cm³/mol. The quantitative estimate of drug-likeness (QED) is 0.863. The molecule has 1 aliphatic heterocycles. The Bertz CT molecular complexity index is 636. The van der Waals surface area contributed by atoms with E-state index in [-0.39, 0.29) is 31.2 Å². The fourth-order valence-electron chi connectivity index (χ4n) is 2.09. The molecule has 1 unspecified atom stereocenters. The molecule has 0 saturated carbocycles. The Hall–Kier alpha value is -1.46. The van der Waals surface area contributed by atoms with Crippen LogP contribution in [0.3, 0.4) is 0 Å². The lowest BCUT2D eigenvalue weighted by Crippen LogP contribution is -2.46. The number of morpholine rings is 1. The smallest absolute Gasteiger partial charge is 0.243 e. The van der Waals surface area contributed by atoms with Gasteiger partial charge in [0.1, 0.15) is 0 Å². The molecule has 1 saturated heterocycles. The number of rotatable bonds is 3. The van der Waals surface area contributed by atoms with Gasteiger partial charge in [0.2, 0.25) is 10.0 Å². The van der Waals surface area contributed by atoms with Crippen LogP contribution in [0.1, 0.15) is 11.1 Å². The molecule has 0 aromatic heterocycles. The minimum absolute atomic E-state index is 0.137. The van der Waals surface area contributed by atoms with Gasteiger partial charge in [0.15, 0.2) is 0 Å². The van der Waals surface area contributed by atoms with Crippen molar-refractivity contribution in [1.82, 2.24) is 4.31 Å². The molecule has 1 N–H and O–H groups in total. The molecule has 0 spiro atoms. The largest absolute Gasteiger partial charge is 0.394 e. The number of aryl methyl sites for hydroxylation is 1. The van der Waals surface area contributed by atoms with Crippen LogP contribution in [0.2, 0.25) is 0 Å². The molecule has 1 aromatic carbocycles. The van der Waals surface area contributed by atoms with Gasteiger partial charge in [0.25, 0.3) is 0 Å². The summed E-state index contributed by atoms with van der Waals surface area (Å²) in [6.45, 7) is 2.15. The second-order valence-corrected chi connectivity index (χ2v) is 6.56. The first-order chi connectivity index (χ1) is 9.48. The third-order valence-electron chi connectivity index (χ3n) is 3.26. The van der Waals surface area contributed by atoms with E-state index in [1.165, 1.54) is 22.5 Å². The highest BCUT2D eigenvalue weighted by Crippen LogP contribution is 2.21. The van der Waals surface area contributed by atoms with E-state index in [1.54, 1.807) is 6.92 Å². The summed E-state index contributed by atoms with van der Waals surface area (Å²) in [5.74, 6) is 0. The summed E-state index contributed by atoms with van der Waals surface area (Å²) in [5, 5.41) is 17.9. The number of aliphatic hydroxyl groups excluding tert-OH is 1. The zero-order chi connectivity index (χ0) is 14.8. The topological polar surface area (TPSA) is 90.6 Å². The summed E-state index contributed by atoms with van der Waals surface area (Å²) >= 11 is 0. The van der Waals surface area contributed by atoms with Gasteiger partial charge in [0, 0.05) is 13.1 Å². The predicted octanol–water partition coefficient (Wildman–Crippen LogP) is 0.248. The number of hydrogen-bond acceptors (Lipinski definition) is 5. The van der Waals surface area contributed by atoms with Crippen molar-refractivity contribution in [2.75, 3.05) is 26.3 Å². The van der Waals surface area contributed by atoms with Crippen molar-refractivity contribution in [3.05, 3.63) is 29.3 Å². The van der Waals surface area contributed by atoms with E-state index in [2.05, 4.69) is 0 Å². The van der Waals surface area contributed by atoms with Crippen molar-refractivity contribution in [2.45, 2.75) is 17.9 Å². The van der Waals surface area contributed by atoms with Gasteiger partial charge in [0.05, 0.1) is 35.8 Å². The fraction of sp³-hybridized carbons (Fsp3) is 0.462. The molecule has 1 atom stereocenters. The van der Waals surface area contributed by atoms with Crippen molar-refractivity contribution < 1.29 is 18.3 Å². The van der Waals surface area contributed by atoms with Crippen LogP contribution < -0.4 is 0 Å².